The number of methoxy groups -OCH3 is 1. The molecule has 1 aromatic carbocycles. The minimum absolute atomic E-state index is 0.0707. The van der Waals surface area contributed by atoms with E-state index in [4.69, 9.17) is 9.15 Å². The summed E-state index contributed by atoms with van der Waals surface area (Å²) >= 11 is 0. The number of aliphatic hydroxyl groups excluding tert-OH is 1. The first-order chi connectivity index (χ1) is 10.5. The third kappa shape index (κ3) is 3.94. The lowest BCUT2D eigenvalue weighted by Gasteiger charge is -2.21. The van der Waals surface area contributed by atoms with Crippen LogP contribution in [-0.2, 0) is 11.3 Å². The van der Waals surface area contributed by atoms with Crippen molar-refractivity contribution in [3.05, 3.63) is 45.3 Å². The summed E-state index contributed by atoms with van der Waals surface area (Å²) in [6, 6.07) is 5.49. The van der Waals surface area contributed by atoms with E-state index in [9.17, 15) is 9.90 Å². The van der Waals surface area contributed by atoms with Crippen LogP contribution in [0.1, 0.15) is 16.7 Å². The lowest BCUT2D eigenvalue weighted by Crippen LogP contribution is -2.30. The molecule has 0 aliphatic heterocycles. The first kappa shape index (κ1) is 16.7. The van der Waals surface area contributed by atoms with Crippen LogP contribution in [0.3, 0.4) is 0 Å². The summed E-state index contributed by atoms with van der Waals surface area (Å²) in [6.07, 6.45) is 0. The van der Waals surface area contributed by atoms with E-state index < -0.39 is 0 Å². The van der Waals surface area contributed by atoms with Gasteiger partial charge in [-0.2, -0.15) is 0 Å². The first-order valence-electron chi connectivity index (χ1n) is 7.41. The standard InChI is InChI=1S/C17H23NO4/c1-12-8-15-14(11-18(4-6-19)5-7-21-3)10-17(20)22-16(15)9-13(12)2/h8-10,19H,4-7,11H2,1-3H3. The van der Waals surface area contributed by atoms with Crippen molar-refractivity contribution >= 4 is 11.0 Å². The Morgan fingerprint density at radius 2 is 1.91 bits per heavy atom. The van der Waals surface area contributed by atoms with Crippen molar-refractivity contribution in [3.63, 3.8) is 0 Å². The van der Waals surface area contributed by atoms with Crippen molar-refractivity contribution in [1.82, 2.24) is 4.90 Å². The van der Waals surface area contributed by atoms with Crippen LogP contribution in [0.15, 0.2) is 27.4 Å². The zero-order chi connectivity index (χ0) is 16.1. The third-order valence-electron chi connectivity index (χ3n) is 3.87. The number of fused-ring (bicyclic) bond motifs is 1. The molecule has 0 unspecified atom stereocenters. The molecule has 1 heterocycles. The molecule has 5 heteroatoms. The Kier molecular flexibility index (Phi) is 5.71. The highest BCUT2D eigenvalue weighted by atomic mass is 16.5. The van der Waals surface area contributed by atoms with Gasteiger partial charge in [-0.15, -0.1) is 0 Å². The topological polar surface area (TPSA) is 62.9 Å². The largest absolute Gasteiger partial charge is 0.423 e. The summed E-state index contributed by atoms with van der Waals surface area (Å²) in [5, 5.41) is 10.1. The van der Waals surface area contributed by atoms with Crippen LogP contribution < -0.4 is 5.63 Å². The highest BCUT2D eigenvalue weighted by Crippen LogP contribution is 2.22. The normalized spacial score (nSPS) is 11.5. The highest BCUT2D eigenvalue weighted by Gasteiger charge is 2.12. The van der Waals surface area contributed by atoms with Gasteiger partial charge in [0, 0.05) is 38.2 Å². The summed E-state index contributed by atoms with van der Waals surface area (Å²) in [5.74, 6) is 0. The monoisotopic (exact) mass is 305 g/mol. The Morgan fingerprint density at radius 1 is 1.18 bits per heavy atom. The molecular weight excluding hydrogens is 282 g/mol. The van der Waals surface area contributed by atoms with Crippen LogP contribution in [0, 0.1) is 13.8 Å². The molecule has 0 bridgehead atoms. The van der Waals surface area contributed by atoms with Crippen molar-refractivity contribution < 1.29 is 14.3 Å². The molecular formula is C17H23NO4. The predicted octanol–water partition coefficient (Wildman–Crippen LogP) is 1.85. The van der Waals surface area contributed by atoms with E-state index in [1.807, 2.05) is 19.9 Å². The maximum absolute atomic E-state index is 11.8. The van der Waals surface area contributed by atoms with E-state index in [2.05, 4.69) is 11.0 Å². The number of rotatable bonds is 7. The Balaban J connectivity index is 2.40. The van der Waals surface area contributed by atoms with Gasteiger partial charge < -0.3 is 14.3 Å². The van der Waals surface area contributed by atoms with E-state index in [-0.39, 0.29) is 12.2 Å². The van der Waals surface area contributed by atoms with Gasteiger partial charge in [0.15, 0.2) is 0 Å². The van der Waals surface area contributed by atoms with E-state index in [1.165, 1.54) is 6.07 Å². The zero-order valence-electron chi connectivity index (χ0n) is 13.4. The Hall–Kier alpha value is -1.69. The number of nitrogens with zero attached hydrogens (tertiary/aromatic N) is 1. The van der Waals surface area contributed by atoms with Crippen LogP contribution in [-0.4, -0.2) is 43.4 Å². The first-order valence-corrected chi connectivity index (χ1v) is 7.41. The Labute approximate surface area is 130 Å². The van der Waals surface area contributed by atoms with Gasteiger partial charge in [0.25, 0.3) is 0 Å². The van der Waals surface area contributed by atoms with Gasteiger partial charge in [0.2, 0.25) is 0 Å². The van der Waals surface area contributed by atoms with Crippen molar-refractivity contribution in [3.8, 4) is 0 Å². The molecule has 120 valence electrons. The summed E-state index contributed by atoms with van der Waals surface area (Å²) < 4.78 is 10.4. The van der Waals surface area contributed by atoms with Crippen LogP contribution >= 0.6 is 0 Å². The number of aryl methyl sites for hydroxylation is 2. The Morgan fingerprint density at radius 3 is 2.59 bits per heavy atom. The number of hydrogen-bond acceptors (Lipinski definition) is 5. The van der Waals surface area contributed by atoms with Gasteiger partial charge >= 0.3 is 5.63 Å². The fourth-order valence-corrected chi connectivity index (χ4v) is 2.49. The van der Waals surface area contributed by atoms with Crippen LogP contribution in [0.4, 0.5) is 0 Å². The minimum atomic E-state index is -0.346. The van der Waals surface area contributed by atoms with Crippen molar-refractivity contribution in [1.29, 1.82) is 0 Å². The summed E-state index contributed by atoms with van der Waals surface area (Å²) in [6.45, 7) is 6.50. The fraction of sp³-hybridized carbons (Fsp3) is 0.471. The molecule has 0 atom stereocenters. The average molecular weight is 305 g/mol. The van der Waals surface area contributed by atoms with Crippen molar-refractivity contribution in [2.24, 2.45) is 0 Å². The van der Waals surface area contributed by atoms with Crippen LogP contribution in [0.5, 0.6) is 0 Å². The zero-order valence-corrected chi connectivity index (χ0v) is 13.4. The molecule has 0 fully saturated rings. The second-order valence-corrected chi connectivity index (χ2v) is 5.52. The highest BCUT2D eigenvalue weighted by molar-refractivity contribution is 5.81. The molecule has 0 radical (unpaired) electrons. The van der Waals surface area contributed by atoms with Crippen LogP contribution in [0.25, 0.3) is 11.0 Å². The lowest BCUT2D eigenvalue weighted by molar-refractivity contribution is 0.127. The third-order valence-corrected chi connectivity index (χ3v) is 3.87. The molecule has 5 nitrogen and oxygen atoms in total. The van der Waals surface area contributed by atoms with E-state index in [0.29, 0.717) is 31.8 Å². The SMILES string of the molecule is COCCN(CCO)Cc1cc(=O)oc2cc(C)c(C)cc12. The number of hydrogen-bond donors (Lipinski definition) is 1. The molecule has 0 saturated carbocycles. The molecule has 1 aromatic heterocycles. The molecule has 2 rings (SSSR count). The van der Waals surface area contributed by atoms with E-state index >= 15 is 0 Å². The fourth-order valence-electron chi connectivity index (χ4n) is 2.49. The maximum Gasteiger partial charge on any atom is 0.336 e. The molecule has 0 spiro atoms. The predicted molar refractivity (Wildman–Crippen MR) is 86.2 cm³/mol. The van der Waals surface area contributed by atoms with Crippen LogP contribution in [0.2, 0.25) is 0 Å². The van der Waals surface area contributed by atoms with Crippen molar-refractivity contribution in [2.75, 3.05) is 33.4 Å². The number of aliphatic hydroxyl groups is 1. The van der Waals surface area contributed by atoms with Crippen molar-refractivity contribution in [2.45, 2.75) is 20.4 Å². The molecule has 2 aromatic rings. The summed E-state index contributed by atoms with van der Waals surface area (Å²) in [4.78, 5) is 13.9. The molecule has 0 amide bonds. The smallest absolute Gasteiger partial charge is 0.336 e. The van der Waals surface area contributed by atoms with Gasteiger partial charge in [0.1, 0.15) is 5.58 Å². The van der Waals surface area contributed by atoms with Gasteiger partial charge in [-0.25, -0.2) is 4.79 Å². The van der Waals surface area contributed by atoms with Gasteiger partial charge in [-0.1, -0.05) is 0 Å². The lowest BCUT2D eigenvalue weighted by atomic mass is 10.0. The number of benzene rings is 1. The van der Waals surface area contributed by atoms with E-state index in [0.717, 1.165) is 22.1 Å². The molecule has 0 aliphatic rings. The van der Waals surface area contributed by atoms with Gasteiger partial charge in [0.05, 0.1) is 13.2 Å². The minimum Gasteiger partial charge on any atom is -0.423 e. The molecule has 22 heavy (non-hydrogen) atoms. The Bertz CT molecular complexity index is 693. The summed E-state index contributed by atoms with van der Waals surface area (Å²) in [5.41, 5.74) is 3.44. The second-order valence-electron chi connectivity index (χ2n) is 5.52. The quantitative estimate of drug-likeness (QED) is 0.791. The van der Waals surface area contributed by atoms with Gasteiger partial charge in [-0.3, -0.25) is 4.90 Å². The maximum atomic E-state index is 11.8. The molecule has 0 saturated heterocycles. The van der Waals surface area contributed by atoms with Gasteiger partial charge in [-0.05, 0) is 42.7 Å². The average Bonchev–Trinajstić information content (AvgIpc) is 2.47. The second kappa shape index (κ2) is 7.54. The van der Waals surface area contributed by atoms with E-state index in [1.54, 1.807) is 7.11 Å². The molecule has 1 N–H and O–H groups in total. The molecule has 0 aliphatic carbocycles. The number of ether oxygens (including phenoxy) is 1. The summed E-state index contributed by atoms with van der Waals surface area (Å²) in [7, 11) is 1.65.